The van der Waals surface area contributed by atoms with E-state index in [1.807, 2.05) is 0 Å². The van der Waals surface area contributed by atoms with E-state index in [4.69, 9.17) is 11.6 Å². The van der Waals surface area contributed by atoms with E-state index in [0.29, 0.717) is 17.1 Å². The number of aryl methyl sites for hydroxylation is 1. The number of benzene rings is 1. The lowest BCUT2D eigenvalue weighted by Gasteiger charge is -2.29. The van der Waals surface area contributed by atoms with Gasteiger partial charge in [-0.3, -0.25) is 4.90 Å². The Morgan fingerprint density at radius 3 is 2.75 bits per heavy atom. The highest BCUT2D eigenvalue weighted by Crippen LogP contribution is 2.21. The SMILES string of the molecule is Cc1cc(Cl)c(CN(C)CCN2CCNCC2)cc1F. The van der Waals surface area contributed by atoms with Crippen molar-refractivity contribution in [2.75, 3.05) is 46.3 Å². The van der Waals surface area contributed by atoms with Crippen molar-refractivity contribution in [3.63, 3.8) is 0 Å². The zero-order chi connectivity index (χ0) is 14.5. The van der Waals surface area contributed by atoms with Gasteiger partial charge in [-0.05, 0) is 37.2 Å². The fraction of sp³-hybridized carbons (Fsp3) is 0.600. The third kappa shape index (κ3) is 4.42. The number of hydrogen-bond acceptors (Lipinski definition) is 3. The molecule has 1 aromatic carbocycles. The second-order valence-electron chi connectivity index (χ2n) is 5.52. The number of halogens is 2. The van der Waals surface area contributed by atoms with Gasteiger partial charge in [0, 0.05) is 50.8 Å². The maximum absolute atomic E-state index is 13.6. The molecule has 1 saturated heterocycles. The average Bonchev–Trinajstić information content (AvgIpc) is 2.44. The second-order valence-corrected chi connectivity index (χ2v) is 5.93. The van der Waals surface area contributed by atoms with E-state index < -0.39 is 0 Å². The lowest BCUT2D eigenvalue weighted by atomic mass is 10.1. The Kier molecular flexibility index (Phi) is 5.78. The van der Waals surface area contributed by atoms with E-state index in [2.05, 4.69) is 22.2 Å². The standard InChI is InChI=1S/C15H23ClFN3/c1-12-9-14(16)13(10-15(12)17)11-19(2)7-8-20-5-3-18-4-6-20/h9-10,18H,3-8,11H2,1-2H3. The van der Waals surface area contributed by atoms with E-state index in [-0.39, 0.29) is 5.82 Å². The molecule has 3 nitrogen and oxygen atoms in total. The highest BCUT2D eigenvalue weighted by molar-refractivity contribution is 6.31. The normalized spacial score (nSPS) is 16.9. The first-order valence-electron chi connectivity index (χ1n) is 7.12. The predicted octanol–water partition coefficient (Wildman–Crippen LogP) is 2.12. The third-order valence-electron chi connectivity index (χ3n) is 3.78. The van der Waals surface area contributed by atoms with Crippen LogP contribution in [0, 0.1) is 12.7 Å². The molecule has 0 bridgehead atoms. The summed E-state index contributed by atoms with van der Waals surface area (Å²) < 4.78 is 13.6. The van der Waals surface area contributed by atoms with Crippen LogP contribution < -0.4 is 5.32 Å². The van der Waals surface area contributed by atoms with Gasteiger partial charge in [0.05, 0.1) is 0 Å². The number of rotatable bonds is 5. The van der Waals surface area contributed by atoms with Gasteiger partial charge in [-0.1, -0.05) is 11.6 Å². The van der Waals surface area contributed by atoms with Gasteiger partial charge in [0.15, 0.2) is 0 Å². The molecule has 0 aromatic heterocycles. The molecular formula is C15H23ClFN3. The Morgan fingerprint density at radius 1 is 1.35 bits per heavy atom. The molecule has 5 heteroatoms. The van der Waals surface area contributed by atoms with Crippen LogP contribution in [0.3, 0.4) is 0 Å². The molecule has 0 aliphatic carbocycles. The maximum Gasteiger partial charge on any atom is 0.126 e. The van der Waals surface area contributed by atoms with Crippen LogP contribution in [-0.4, -0.2) is 56.1 Å². The quantitative estimate of drug-likeness (QED) is 0.898. The summed E-state index contributed by atoms with van der Waals surface area (Å²) >= 11 is 6.18. The molecule has 0 amide bonds. The van der Waals surface area contributed by atoms with Gasteiger partial charge >= 0.3 is 0 Å². The molecule has 1 N–H and O–H groups in total. The van der Waals surface area contributed by atoms with Crippen molar-refractivity contribution in [3.05, 3.63) is 34.1 Å². The van der Waals surface area contributed by atoms with Crippen LogP contribution in [-0.2, 0) is 6.54 Å². The van der Waals surface area contributed by atoms with Gasteiger partial charge < -0.3 is 10.2 Å². The van der Waals surface area contributed by atoms with Crippen LogP contribution in [0.5, 0.6) is 0 Å². The van der Waals surface area contributed by atoms with E-state index in [1.165, 1.54) is 0 Å². The number of nitrogens with one attached hydrogen (secondary N) is 1. The molecular weight excluding hydrogens is 277 g/mol. The zero-order valence-electron chi connectivity index (χ0n) is 12.3. The van der Waals surface area contributed by atoms with Gasteiger partial charge in [-0.25, -0.2) is 4.39 Å². The van der Waals surface area contributed by atoms with Crippen LogP contribution in [0.2, 0.25) is 5.02 Å². The van der Waals surface area contributed by atoms with E-state index in [1.54, 1.807) is 19.1 Å². The third-order valence-corrected chi connectivity index (χ3v) is 4.13. The minimum atomic E-state index is -0.181. The minimum absolute atomic E-state index is 0.181. The first-order chi connectivity index (χ1) is 9.56. The van der Waals surface area contributed by atoms with Crippen molar-refractivity contribution in [1.82, 2.24) is 15.1 Å². The molecule has 0 radical (unpaired) electrons. The molecule has 112 valence electrons. The summed E-state index contributed by atoms with van der Waals surface area (Å²) in [5.74, 6) is -0.181. The Labute approximate surface area is 125 Å². The van der Waals surface area contributed by atoms with Gasteiger partial charge in [-0.15, -0.1) is 0 Å². The zero-order valence-corrected chi connectivity index (χ0v) is 13.0. The minimum Gasteiger partial charge on any atom is -0.314 e. The second kappa shape index (κ2) is 7.36. The van der Waals surface area contributed by atoms with E-state index >= 15 is 0 Å². The summed E-state index contributed by atoms with van der Waals surface area (Å²) in [7, 11) is 2.05. The fourth-order valence-corrected chi connectivity index (χ4v) is 2.70. The van der Waals surface area contributed by atoms with Crippen LogP contribution in [0.4, 0.5) is 4.39 Å². The van der Waals surface area contributed by atoms with Crippen molar-refractivity contribution < 1.29 is 4.39 Å². The maximum atomic E-state index is 13.6. The van der Waals surface area contributed by atoms with Crippen LogP contribution >= 0.6 is 11.6 Å². The van der Waals surface area contributed by atoms with Crippen LogP contribution in [0.1, 0.15) is 11.1 Å². The molecule has 1 aliphatic heterocycles. The number of piperazine rings is 1. The van der Waals surface area contributed by atoms with Gasteiger partial charge in [-0.2, -0.15) is 0 Å². The number of hydrogen-bond donors (Lipinski definition) is 1. The molecule has 1 aromatic rings. The van der Waals surface area contributed by atoms with Crippen molar-refractivity contribution in [1.29, 1.82) is 0 Å². The lowest BCUT2D eigenvalue weighted by Crippen LogP contribution is -2.45. The topological polar surface area (TPSA) is 18.5 Å². The smallest absolute Gasteiger partial charge is 0.126 e. The molecule has 0 saturated carbocycles. The van der Waals surface area contributed by atoms with Crippen LogP contribution in [0.15, 0.2) is 12.1 Å². The molecule has 1 fully saturated rings. The van der Waals surface area contributed by atoms with Crippen molar-refractivity contribution in [2.24, 2.45) is 0 Å². The number of nitrogens with zero attached hydrogens (tertiary/aromatic N) is 2. The Morgan fingerprint density at radius 2 is 2.05 bits per heavy atom. The lowest BCUT2D eigenvalue weighted by molar-refractivity contribution is 0.202. The summed E-state index contributed by atoms with van der Waals surface area (Å²) in [6.45, 7) is 8.77. The summed E-state index contributed by atoms with van der Waals surface area (Å²) in [4.78, 5) is 4.64. The molecule has 1 aliphatic rings. The number of likely N-dealkylation sites (N-methyl/N-ethyl adjacent to an activating group) is 1. The van der Waals surface area contributed by atoms with E-state index in [9.17, 15) is 4.39 Å². The first kappa shape index (κ1) is 15.7. The fourth-order valence-electron chi connectivity index (χ4n) is 2.43. The monoisotopic (exact) mass is 299 g/mol. The highest BCUT2D eigenvalue weighted by Gasteiger charge is 2.12. The molecule has 0 atom stereocenters. The Bertz CT molecular complexity index is 447. The molecule has 0 unspecified atom stereocenters. The highest BCUT2D eigenvalue weighted by atomic mass is 35.5. The van der Waals surface area contributed by atoms with Gasteiger partial charge in [0.2, 0.25) is 0 Å². The summed E-state index contributed by atoms with van der Waals surface area (Å²) in [5.41, 5.74) is 1.46. The largest absolute Gasteiger partial charge is 0.314 e. The summed E-state index contributed by atoms with van der Waals surface area (Å²) in [5, 5.41) is 4.00. The molecule has 0 spiro atoms. The van der Waals surface area contributed by atoms with E-state index in [0.717, 1.165) is 44.8 Å². The van der Waals surface area contributed by atoms with Gasteiger partial charge in [0.25, 0.3) is 0 Å². The van der Waals surface area contributed by atoms with Crippen molar-refractivity contribution >= 4 is 11.6 Å². The summed E-state index contributed by atoms with van der Waals surface area (Å²) in [6, 6.07) is 3.26. The van der Waals surface area contributed by atoms with Crippen molar-refractivity contribution in [2.45, 2.75) is 13.5 Å². The molecule has 2 rings (SSSR count). The predicted molar refractivity (Wildman–Crippen MR) is 81.8 cm³/mol. The van der Waals surface area contributed by atoms with Crippen molar-refractivity contribution in [3.8, 4) is 0 Å². The Balaban J connectivity index is 1.84. The average molecular weight is 300 g/mol. The first-order valence-corrected chi connectivity index (χ1v) is 7.50. The molecule has 1 heterocycles. The summed E-state index contributed by atoms with van der Waals surface area (Å²) in [6.07, 6.45) is 0. The van der Waals surface area contributed by atoms with Gasteiger partial charge in [0.1, 0.15) is 5.82 Å². The Hall–Kier alpha value is -0.680. The molecule has 20 heavy (non-hydrogen) atoms. The van der Waals surface area contributed by atoms with Crippen LogP contribution in [0.25, 0.3) is 0 Å².